The van der Waals surface area contributed by atoms with Gasteiger partial charge in [0.1, 0.15) is 0 Å². The first-order valence-corrected chi connectivity index (χ1v) is 8.25. The van der Waals surface area contributed by atoms with Crippen LogP contribution in [0.25, 0.3) is 0 Å². The first-order valence-electron chi connectivity index (χ1n) is 6.81. The summed E-state index contributed by atoms with van der Waals surface area (Å²) in [7, 11) is -8.61. The quantitative estimate of drug-likeness (QED) is 0.376. The minimum atomic E-state index is -9.34. The van der Waals surface area contributed by atoms with Gasteiger partial charge in [0.25, 0.3) is 0 Å². The molecule has 0 aliphatic heterocycles. The Kier molecular flexibility index (Phi) is 5.76. The summed E-state index contributed by atoms with van der Waals surface area (Å²) in [5.74, 6) is -62.0. The van der Waals surface area contributed by atoms with Crippen LogP contribution in [-0.4, -0.2) is 71.3 Å². The van der Waals surface area contributed by atoms with Crippen molar-refractivity contribution in [1.82, 2.24) is 0 Å². The molecule has 1 fully saturated rings. The van der Waals surface area contributed by atoms with Crippen LogP contribution in [0.3, 0.4) is 0 Å². The minimum absolute atomic E-state index is 8.10. The number of halogens is 19. The summed E-state index contributed by atoms with van der Waals surface area (Å²) < 4.78 is 282. The van der Waals surface area contributed by atoms with Gasteiger partial charge >= 0.3 is 68.4 Å². The van der Waals surface area contributed by atoms with Crippen molar-refractivity contribution in [1.29, 1.82) is 0 Å². The molecule has 0 radical (unpaired) electrons. The zero-order chi connectivity index (χ0) is 27.5. The Morgan fingerprint density at radius 1 is 0.515 bits per heavy atom. The summed E-state index contributed by atoms with van der Waals surface area (Å²) in [6.07, 6.45) is -8.11. The average molecular weight is 562 g/mol. The fourth-order valence-corrected chi connectivity index (χ4v) is 3.46. The zero-order valence-corrected chi connectivity index (χ0v) is 14.7. The summed E-state index contributed by atoms with van der Waals surface area (Å²) >= 11 is 0. The topological polar surface area (TPSA) is 54.4 Å². The van der Waals surface area contributed by atoms with Gasteiger partial charge in [0.2, 0.25) is 0 Å². The van der Waals surface area contributed by atoms with E-state index in [4.69, 9.17) is 4.55 Å². The highest BCUT2D eigenvalue weighted by molar-refractivity contribution is 7.87. The highest BCUT2D eigenvalue weighted by Gasteiger charge is 3.09. The molecule has 0 aromatic carbocycles. The molecule has 198 valence electrons. The Hall–Kier alpha value is -1.42. The predicted octanol–water partition coefficient (Wildman–Crippen LogP) is 5.27. The molecule has 0 amide bonds. The van der Waals surface area contributed by atoms with Gasteiger partial charge in [-0.25, -0.2) is 8.78 Å². The summed E-state index contributed by atoms with van der Waals surface area (Å²) in [5.41, 5.74) is -9.32. The second kappa shape index (κ2) is 6.42. The standard InChI is InChI=1S/C10HF19O3S/c11-1(3(14,15)6(20,21)8(24,25)10(27,28)29)2(12,13)5(18,19)7(22,23)9(26,4(1,16)17)33(30,31)32/h(H,30,31,32). The molecule has 23 heteroatoms. The molecule has 3 nitrogen and oxygen atoms in total. The van der Waals surface area contributed by atoms with E-state index in [1.165, 1.54) is 0 Å². The van der Waals surface area contributed by atoms with Gasteiger partial charge in [-0.1, -0.05) is 0 Å². The molecule has 1 saturated carbocycles. The van der Waals surface area contributed by atoms with Crippen LogP contribution >= 0.6 is 0 Å². The van der Waals surface area contributed by atoms with Crippen LogP contribution in [0, 0.1) is 0 Å². The van der Waals surface area contributed by atoms with Crippen LogP contribution in [0.2, 0.25) is 0 Å². The normalized spacial score (nSPS) is 32.5. The highest BCUT2D eigenvalue weighted by Crippen LogP contribution is 2.75. The lowest BCUT2D eigenvalue weighted by Crippen LogP contribution is -2.91. The predicted molar refractivity (Wildman–Crippen MR) is 59.9 cm³/mol. The minimum Gasteiger partial charge on any atom is -0.283 e. The van der Waals surface area contributed by atoms with E-state index in [0.717, 1.165) is 0 Å². The van der Waals surface area contributed by atoms with Crippen molar-refractivity contribution in [2.24, 2.45) is 0 Å². The van der Waals surface area contributed by atoms with Gasteiger partial charge < -0.3 is 0 Å². The molecule has 1 rings (SSSR count). The van der Waals surface area contributed by atoms with E-state index in [9.17, 15) is 91.8 Å². The zero-order valence-electron chi connectivity index (χ0n) is 13.9. The third kappa shape index (κ3) is 2.62. The molecule has 2 atom stereocenters. The van der Waals surface area contributed by atoms with Gasteiger partial charge in [0.05, 0.1) is 0 Å². The number of hydrogen-bond donors (Lipinski definition) is 1. The highest BCUT2D eigenvalue weighted by atomic mass is 32.2. The number of alkyl halides is 19. The van der Waals surface area contributed by atoms with E-state index < -0.39 is 68.4 Å². The third-order valence-electron chi connectivity index (χ3n) is 4.39. The molecule has 0 aromatic rings. The van der Waals surface area contributed by atoms with Gasteiger partial charge in [0.15, 0.2) is 0 Å². The van der Waals surface area contributed by atoms with Crippen molar-refractivity contribution in [2.45, 2.75) is 58.3 Å². The van der Waals surface area contributed by atoms with Crippen LogP contribution in [0.5, 0.6) is 0 Å². The molecule has 0 saturated heterocycles. The van der Waals surface area contributed by atoms with Crippen molar-refractivity contribution in [2.75, 3.05) is 0 Å². The second-order valence-corrected chi connectivity index (χ2v) is 7.76. The third-order valence-corrected chi connectivity index (χ3v) is 5.62. The Balaban J connectivity index is 4.38. The SMILES string of the molecule is O=S(=O)(O)C1(F)C(F)(F)C(F)(F)C(F)(F)C(F)(C(F)(F)C(F)(F)C(F)(F)C(F)(F)F)C1(F)F. The van der Waals surface area contributed by atoms with Crippen LogP contribution < -0.4 is 0 Å². The molecule has 0 heterocycles. The first-order chi connectivity index (χ1) is 13.8. The van der Waals surface area contributed by atoms with Gasteiger partial charge in [-0.2, -0.15) is 83.1 Å². The Bertz CT molecular complexity index is 919. The second-order valence-electron chi connectivity index (χ2n) is 6.25. The molecule has 33 heavy (non-hydrogen) atoms. The van der Waals surface area contributed by atoms with Crippen molar-refractivity contribution < 1.29 is 96.4 Å². The molecule has 0 bridgehead atoms. The maximum Gasteiger partial charge on any atom is 0.460 e. The lowest BCUT2D eigenvalue weighted by molar-refractivity contribution is -0.500. The van der Waals surface area contributed by atoms with Gasteiger partial charge in [-0.15, -0.1) is 0 Å². The van der Waals surface area contributed by atoms with Gasteiger partial charge in [-0.3, -0.25) is 4.55 Å². The van der Waals surface area contributed by atoms with E-state index in [1.807, 2.05) is 0 Å². The molecular weight excluding hydrogens is 561 g/mol. The lowest BCUT2D eigenvalue weighted by atomic mass is 9.68. The molecule has 0 spiro atoms. The van der Waals surface area contributed by atoms with Gasteiger partial charge in [-0.05, 0) is 0 Å². The first kappa shape index (κ1) is 29.6. The van der Waals surface area contributed by atoms with Gasteiger partial charge in [0, 0.05) is 0 Å². The van der Waals surface area contributed by atoms with Crippen LogP contribution in [0.1, 0.15) is 0 Å². The molecule has 1 aliphatic rings. The number of hydrogen-bond acceptors (Lipinski definition) is 2. The Labute approximate surface area is 166 Å². The fraction of sp³-hybridized carbons (Fsp3) is 1.00. The largest absolute Gasteiger partial charge is 0.460 e. The molecule has 0 aromatic heterocycles. The Morgan fingerprint density at radius 2 is 0.848 bits per heavy atom. The summed E-state index contributed by atoms with van der Waals surface area (Å²) in [5, 5.41) is -8.47. The van der Waals surface area contributed by atoms with Crippen LogP contribution in [0.4, 0.5) is 83.4 Å². The summed E-state index contributed by atoms with van der Waals surface area (Å²) in [6, 6.07) is 0. The maximum absolute atomic E-state index is 14.3. The van der Waals surface area contributed by atoms with Crippen molar-refractivity contribution >= 4 is 10.1 Å². The van der Waals surface area contributed by atoms with E-state index in [-0.39, 0.29) is 0 Å². The molecular formula is C10HF19O3S. The van der Waals surface area contributed by atoms with E-state index >= 15 is 0 Å². The fourth-order valence-electron chi connectivity index (χ4n) is 2.54. The lowest BCUT2D eigenvalue weighted by Gasteiger charge is -2.56. The van der Waals surface area contributed by atoms with E-state index in [0.29, 0.717) is 0 Å². The Morgan fingerprint density at radius 3 is 1.12 bits per heavy atom. The smallest absolute Gasteiger partial charge is 0.283 e. The molecule has 2 unspecified atom stereocenters. The molecule has 1 N–H and O–H groups in total. The van der Waals surface area contributed by atoms with E-state index in [1.54, 1.807) is 0 Å². The van der Waals surface area contributed by atoms with E-state index in [2.05, 4.69) is 0 Å². The number of rotatable bonds is 4. The molecule has 1 aliphatic carbocycles. The summed E-state index contributed by atoms with van der Waals surface area (Å²) in [6.45, 7) is 0. The van der Waals surface area contributed by atoms with Crippen molar-refractivity contribution in [3.8, 4) is 0 Å². The van der Waals surface area contributed by atoms with Crippen LogP contribution in [-0.2, 0) is 10.1 Å². The van der Waals surface area contributed by atoms with Crippen LogP contribution in [0.15, 0.2) is 0 Å². The monoisotopic (exact) mass is 562 g/mol. The maximum atomic E-state index is 14.3. The van der Waals surface area contributed by atoms with Crippen molar-refractivity contribution in [3.63, 3.8) is 0 Å². The average Bonchev–Trinajstić information content (AvgIpc) is 2.55. The van der Waals surface area contributed by atoms with Crippen molar-refractivity contribution in [3.05, 3.63) is 0 Å². The summed E-state index contributed by atoms with van der Waals surface area (Å²) in [4.78, 5) is 0.